The predicted molar refractivity (Wildman–Crippen MR) is 90.4 cm³/mol. The molecule has 2 rings (SSSR count). The van der Waals surface area contributed by atoms with Crippen LogP contribution < -0.4 is 20.3 Å². The molecule has 0 aliphatic rings. The molecule has 0 fully saturated rings. The maximum absolute atomic E-state index is 12.6. The number of carbonyl (C=O) groups is 2. The highest BCUT2D eigenvalue weighted by molar-refractivity contribution is 6.01. The zero-order valence-corrected chi connectivity index (χ0v) is 14.2. The molecule has 0 bridgehead atoms. The Kier molecular flexibility index (Phi) is 6.48. The van der Waals surface area contributed by atoms with Crippen molar-refractivity contribution in [2.24, 2.45) is 0 Å². The lowest BCUT2D eigenvalue weighted by atomic mass is 10.1. The van der Waals surface area contributed by atoms with Crippen LogP contribution >= 0.6 is 0 Å². The van der Waals surface area contributed by atoms with Crippen LogP contribution in [0.4, 0.5) is 8.78 Å². The summed E-state index contributed by atoms with van der Waals surface area (Å²) in [6.07, 6.45) is 0.835. The van der Waals surface area contributed by atoms with Gasteiger partial charge in [-0.15, -0.1) is 0 Å². The topological polar surface area (TPSA) is 76.7 Å². The van der Waals surface area contributed by atoms with Gasteiger partial charge in [0.2, 0.25) is 0 Å². The minimum Gasteiger partial charge on any atom is -0.493 e. The molecule has 8 heteroatoms. The highest BCUT2D eigenvalue weighted by Crippen LogP contribution is 2.32. The average molecular weight is 364 g/mol. The van der Waals surface area contributed by atoms with Gasteiger partial charge in [-0.25, -0.2) is 0 Å². The minimum absolute atomic E-state index is 0.0283. The fourth-order valence-corrected chi connectivity index (χ4v) is 2.21. The fourth-order valence-electron chi connectivity index (χ4n) is 2.21. The van der Waals surface area contributed by atoms with Crippen molar-refractivity contribution in [3.05, 3.63) is 59.2 Å². The summed E-state index contributed by atoms with van der Waals surface area (Å²) in [7, 11) is 1.26. The number of hydrogen-bond donors (Lipinski definition) is 2. The molecular weight excluding hydrogens is 346 g/mol. The van der Waals surface area contributed by atoms with Gasteiger partial charge in [-0.05, 0) is 36.2 Å². The quantitative estimate of drug-likeness (QED) is 0.773. The number of methoxy groups -OCH3 is 1. The number of para-hydroxylation sites is 1. The van der Waals surface area contributed by atoms with Crippen LogP contribution in [0, 0.1) is 0 Å². The smallest absolute Gasteiger partial charge is 0.387 e. The number of rotatable bonds is 6. The van der Waals surface area contributed by atoms with E-state index in [0.29, 0.717) is 5.56 Å². The number of alkyl halides is 2. The molecule has 26 heavy (non-hydrogen) atoms. The fraction of sp³-hybridized carbons (Fsp3) is 0.222. The molecule has 2 amide bonds. The van der Waals surface area contributed by atoms with E-state index in [4.69, 9.17) is 4.74 Å². The van der Waals surface area contributed by atoms with E-state index in [1.807, 2.05) is 6.92 Å². The van der Waals surface area contributed by atoms with Crippen molar-refractivity contribution in [1.29, 1.82) is 0 Å². The molecule has 0 aliphatic heterocycles. The van der Waals surface area contributed by atoms with Gasteiger partial charge in [0.05, 0.1) is 12.7 Å². The second-order valence-corrected chi connectivity index (χ2v) is 5.17. The van der Waals surface area contributed by atoms with E-state index < -0.39 is 24.2 Å². The molecule has 0 saturated carbocycles. The molecule has 2 aromatic rings. The average Bonchev–Trinajstić information content (AvgIpc) is 2.65. The summed E-state index contributed by atoms with van der Waals surface area (Å²) in [5, 5.41) is 0. The van der Waals surface area contributed by atoms with Crippen molar-refractivity contribution in [3.63, 3.8) is 0 Å². The third-order valence-electron chi connectivity index (χ3n) is 3.56. The van der Waals surface area contributed by atoms with E-state index in [-0.39, 0.29) is 11.3 Å². The number of hydrogen-bond acceptors (Lipinski definition) is 4. The first-order valence-corrected chi connectivity index (χ1v) is 7.77. The van der Waals surface area contributed by atoms with Gasteiger partial charge >= 0.3 is 6.61 Å². The first kappa shape index (κ1) is 19.2. The Labute approximate surface area is 149 Å². The third kappa shape index (κ3) is 4.69. The zero-order chi connectivity index (χ0) is 19.1. The van der Waals surface area contributed by atoms with Crippen molar-refractivity contribution in [3.8, 4) is 11.5 Å². The first-order valence-electron chi connectivity index (χ1n) is 7.77. The molecule has 138 valence electrons. The monoisotopic (exact) mass is 364 g/mol. The van der Waals surface area contributed by atoms with Crippen LogP contribution in [0.15, 0.2) is 42.5 Å². The Bertz CT molecular complexity index is 779. The Morgan fingerprint density at radius 1 is 1.04 bits per heavy atom. The molecule has 0 saturated heterocycles. The summed E-state index contributed by atoms with van der Waals surface area (Å²) in [5.41, 5.74) is 5.61. The standard InChI is InChI=1S/C18H18F2N2O4/c1-3-11-7-9-12(10-8-11)16(23)21-22-17(24)13-5-4-6-14(25-2)15(13)26-18(19)20/h4-10,18H,3H2,1-2H3,(H,21,23)(H,22,24). The van der Waals surface area contributed by atoms with E-state index in [1.165, 1.54) is 25.3 Å². The Morgan fingerprint density at radius 3 is 2.27 bits per heavy atom. The summed E-state index contributed by atoms with van der Waals surface area (Å²) in [4.78, 5) is 24.3. The minimum atomic E-state index is -3.13. The van der Waals surface area contributed by atoms with Crippen molar-refractivity contribution < 1.29 is 27.8 Å². The summed E-state index contributed by atoms with van der Waals surface area (Å²) in [6.45, 7) is -1.15. The van der Waals surface area contributed by atoms with Crippen LogP contribution in [0.5, 0.6) is 11.5 Å². The second kappa shape index (κ2) is 8.80. The Morgan fingerprint density at radius 2 is 1.69 bits per heavy atom. The number of nitrogens with one attached hydrogen (secondary N) is 2. The summed E-state index contributed by atoms with van der Waals surface area (Å²) in [5.74, 6) is -1.80. The molecular formula is C18H18F2N2O4. The Balaban J connectivity index is 2.10. The van der Waals surface area contributed by atoms with E-state index in [1.54, 1.807) is 24.3 Å². The van der Waals surface area contributed by atoms with Gasteiger partial charge in [-0.1, -0.05) is 25.1 Å². The zero-order valence-electron chi connectivity index (χ0n) is 14.2. The van der Waals surface area contributed by atoms with Gasteiger partial charge in [0.1, 0.15) is 0 Å². The van der Waals surface area contributed by atoms with Crippen LogP contribution in [0.2, 0.25) is 0 Å². The lowest BCUT2D eigenvalue weighted by molar-refractivity contribution is -0.0515. The summed E-state index contributed by atoms with van der Waals surface area (Å²) in [6, 6.07) is 10.9. The molecule has 0 aliphatic carbocycles. The van der Waals surface area contributed by atoms with Gasteiger partial charge < -0.3 is 9.47 Å². The second-order valence-electron chi connectivity index (χ2n) is 5.17. The van der Waals surface area contributed by atoms with Gasteiger partial charge in [-0.2, -0.15) is 8.78 Å². The summed E-state index contributed by atoms with van der Waals surface area (Å²) >= 11 is 0. The van der Waals surface area contributed by atoms with Crippen LogP contribution in [0.1, 0.15) is 33.2 Å². The van der Waals surface area contributed by atoms with Crippen LogP contribution in [-0.4, -0.2) is 25.5 Å². The van der Waals surface area contributed by atoms with E-state index in [9.17, 15) is 18.4 Å². The number of benzene rings is 2. The number of ether oxygens (including phenoxy) is 2. The van der Waals surface area contributed by atoms with Crippen molar-refractivity contribution in [1.82, 2.24) is 10.9 Å². The molecule has 0 unspecified atom stereocenters. The van der Waals surface area contributed by atoms with Gasteiger partial charge in [0.15, 0.2) is 11.5 Å². The summed E-state index contributed by atoms with van der Waals surface area (Å²) < 4.78 is 34.5. The molecule has 0 aromatic heterocycles. The molecule has 6 nitrogen and oxygen atoms in total. The van der Waals surface area contributed by atoms with Gasteiger partial charge in [-0.3, -0.25) is 20.4 Å². The van der Waals surface area contributed by atoms with Crippen LogP contribution in [-0.2, 0) is 6.42 Å². The number of aryl methyl sites for hydroxylation is 1. The van der Waals surface area contributed by atoms with Crippen LogP contribution in [0.3, 0.4) is 0 Å². The number of hydrazine groups is 1. The lowest BCUT2D eigenvalue weighted by Crippen LogP contribution is -2.41. The molecule has 0 radical (unpaired) electrons. The molecule has 0 atom stereocenters. The molecule has 2 N–H and O–H groups in total. The van der Waals surface area contributed by atoms with Gasteiger partial charge in [0, 0.05) is 5.56 Å². The van der Waals surface area contributed by atoms with Crippen LogP contribution in [0.25, 0.3) is 0 Å². The van der Waals surface area contributed by atoms with Crippen molar-refractivity contribution in [2.45, 2.75) is 20.0 Å². The highest BCUT2D eigenvalue weighted by Gasteiger charge is 2.20. The number of halogens is 2. The van der Waals surface area contributed by atoms with Gasteiger partial charge in [0.25, 0.3) is 11.8 Å². The van der Waals surface area contributed by atoms with Crippen molar-refractivity contribution in [2.75, 3.05) is 7.11 Å². The van der Waals surface area contributed by atoms with E-state index in [0.717, 1.165) is 12.0 Å². The SMILES string of the molecule is CCc1ccc(C(=O)NNC(=O)c2cccc(OC)c2OC(F)F)cc1. The maximum Gasteiger partial charge on any atom is 0.387 e. The maximum atomic E-state index is 12.6. The highest BCUT2D eigenvalue weighted by atomic mass is 19.3. The number of carbonyl (C=O) groups excluding carboxylic acids is 2. The molecule has 2 aromatic carbocycles. The molecule has 0 heterocycles. The lowest BCUT2D eigenvalue weighted by Gasteiger charge is -2.14. The Hall–Kier alpha value is -3.16. The van der Waals surface area contributed by atoms with E-state index >= 15 is 0 Å². The third-order valence-corrected chi connectivity index (χ3v) is 3.56. The van der Waals surface area contributed by atoms with E-state index in [2.05, 4.69) is 15.6 Å². The normalized spacial score (nSPS) is 10.3. The first-order chi connectivity index (χ1) is 12.5. The predicted octanol–water partition coefficient (Wildman–Crippen LogP) is 2.93. The number of amides is 2. The van der Waals surface area contributed by atoms with Crippen molar-refractivity contribution >= 4 is 11.8 Å². The molecule has 0 spiro atoms. The largest absolute Gasteiger partial charge is 0.493 e.